The summed E-state index contributed by atoms with van der Waals surface area (Å²) in [4.78, 5) is 12.3. The molecule has 0 bridgehead atoms. The third kappa shape index (κ3) is 2.45. The lowest BCUT2D eigenvalue weighted by molar-refractivity contribution is 0.0689. The van der Waals surface area contributed by atoms with Crippen molar-refractivity contribution >= 4 is 23.1 Å². The number of rotatable bonds is 3. The van der Waals surface area contributed by atoms with Crippen LogP contribution in [0.15, 0.2) is 18.2 Å². The molecular weight excluding hydrogens is 238 g/mol. The van der Waals surface area contributed by atoms with E-state index in [1.807, 2.05) is 6.92 Å². The predicted octanol–water partition coefficient (Wildman–Crippen LogP) is 2.92. The molecule has 2 unspecified atom stereocenters. The molecule has 0 amide bonds. The third-order valence-corrected chi connectivity index (χ3v) is 3.56. The largest absolute Gasteiger partial charge is 0.398 e. The minimum absolute atomic E-state index is 0.0406. The van der Waals surface area contributed by atoms with Crippen LogP contribution in [0.3, 0.4) is 0 Å². The van der Waals surface area contributed by atoms with Crippen LogP contribution in [-0.2, 0) is 4.74 Å². The van der Waals surface area contributed by atoms with Gasteiger partial charge in [-0.1, -0.05) is 18.5 Å². The highest BCUT2D eigenvalue weighted by Gasteiger charge is 2.33. The van der Waals surface area contributed by atoms with Gasteiger partial charge in [-0.15, -0.1) is 0 Å². The number of Topliss-reactive ketones (excluding diaryl/α,β-unsaturated/α-hetero) is 1. The molecule has 17 heavy (non-hydrogen) atoms. The van der Waals surface area contributed by atoms with E-state index in [1.54, 1.807) is 18.2 Å². The number of anilines is 1. The van der Waals surface area contributed by atoms with Gasteiger partial charge < -0.3 is 10.5 Å². The van der Waals surface area contributed by atoms with Crippen LogP contribution >= 0.6 is 11.6 Å². The van der Waals surface area contributed by atoms with Crippen molar-refractivity contribution in [3.05, 3.63) is 28.8 Å². The molecule has 2 N–H and O–H groups in total. The molecule has 1 heterocycles. The van der Waals surface area contributed by atoms with Crippen molar-refractivity contribution in [2.45, 2.75) is 25.9 Å². The highest BCUT2D eigenvalue weighted by atomic mass is 35.5. The lowest BCUT2D eigenvalue weighted by Crippen LogP contribution is -2.23. The molecule has 2 rings (SSSR count). The Bertz CT molecular complexity index is 433. The second kappa shape index (κ2) is 5.07. The van der Waals surface area contributed by atoms with Crippen LogP contribution in [0.4, 0.5) is 5.69 Å². The van der Waals surface area contributed by atoms with Gasteiger partial charge in [-0.25, -0.2) is 0 Å². The van der Waals surface area contributed by atoms with Crippen LogP contribution in [0.2, 0.25) is 5.02 Å². The quantitative estimate of drug-likeness (QED) is 0.666. The molecular formula is C13H16ClNO2. The Kier molecular flexibility index (Phi) is 3.69. The molecule has 0 radical (unpaired) electrons. The zero-order valence-electron chi connectivity index (χ0n) is 9.78. The van der Waals surface area contributed by atoms with Gasteiger partial charge >= 0.3 is 0 Å². The van der Waals surface area contributed by atoms with E-state index in [0.29, 0.717) is 22.9 Å². The highest BCUT2D eigenvalue weighted by Crippen LogP contribution is 2.29. The van der Waals surface area contributed by atoms with E-state index >= 15 is 0 Å². The van der Waals surface area contributed by atoms with Crippen LogP contribution in [0.5, 0.6) is 0 Å². The Morgan fingerprint density at radius 3 is 3.00 bits per heavy atom. The van der Waals surface area contributed by atoms with E-state index in [0.717, 1.165) is 12.8 Å². The Morgan fingerprint density at radius 2 is 2.35 bits per heavy atom. The average Bonchev–Trinajstić information content (AvgIpc) is 2.80. The van der Waals surface area contributed by atoms with Crippen molar-refractivity contribution in [1.29, 1.82) is 0 Å². The number of halogens is 1. The summed E-state index contributed by atoms with van der Waals surface area (Å²) in [5.41, 5.74) is 6.75. The van der Waals surface area contributed by atoms with Crippen molar-refractivity contribution in [3.63, 3.8) is 0 Å². The third-order valence-electron chi connectivity index (χ3n) is 3.23. The molecule has 1 aliphatic rings. The van der Waals surface area contributed by atoms with Crippen molar-refractivity contribution in [2.75, 3.05) is 12.3 Å². The predicted molar refractivity (Wildman–Crippen MR) is 68.3 cm³/mol. The van der Waals surface area contributed by atoms with Gasteiger partial charge in [0.05, 0.1) is 22.7 Å². The van der Waals surface area contributed by atoms with E-state index in [1.165, 1.54) is 0 Å². The van der Waals surface area contributed by atoms with Gasteiger partial charge in [0, 0.05) is 12.2 Å². The fourth-order valence-electron chi connectivity index (χ4n) is 2.25. The number of nitrogen functional groups attached to an aromatic ring is 1. The van der Waals surface area contributed by atoms with Crippen LogP contribution in [0.25, 0.3) is 0 Å². The monoisotopic (exact) mass is 253 g/mol. The molecule has 2 atom stereocenters. The molecule has 92 valence electrons. The number of ether oxygens (including phenoxy) is 1. The summed E-state index contributed by atoms with van der Waals surface area (Å²) >= 11 is 5.93. The van der Waals surface area contributed by atoms with Gasteiger partial charge in [-0.3, -0.25) is 4.79 Å². The zero-order chi connectivity index (χ0) is 12.4. The number of hydrogen-bond acceptors (Lipinski definition) is 3. The summed E-state index contributed by atoms with van der Waals surface area (Å²) < 4.78 is 5.53. The topological polar surface area (TPSA) is 52.3 Å². The first-order valence-electron chi connectivity index (χ1n) is 5.84. The van der Waals surface area contributed by atoms with Gasteiger partial charge in [0.1, 0.15) is 0 Å². The van der Waals surface area contributed by atoms with E-state index in [9.17, 15) is 4.79 Å². The van der Waals surface area contributed by atoms with Gasteiger partial charge in [0.15, 0.2) is 5.78 Å². The number of nitrogens with two attached hydrogens (primary N) is 1. The maximum absolute atomic E-state index is 12.3. The number of benzene rings is 1. The molecule has 1 aromatic rings. The summed E-state index contributed by atoms with van der Waals surface area (Å²) in [6.07, 6.45) is 1.69. The van der Waals surface area contributed by atoms with Crippen LogP contribution in [0, 0.1) is 5.92 Å². The van der Waals surface area contributed by atoms with Gasteiger partial charge in [0.2, 0.25) is 0 Å². The summed E-state index contributed by atoms with van der Waals surface area (Å²) in [5, 5.41) is 0.433. The summed E-state index contributed by atoms with van der Waals surface area (Å²) in [6, 6.07) is 5.05. The van der Waals surface area contributed by atoms with Crippen molar-refractivity contribution < 1.29 is 9.53 Å². The molecule has 0 aromatic heterocycles. The minimum Gasteiger partial charge on any atom is -0.398 e. The van der Waals surface area contributed by atoms with E-state index in [4.69, 9.17) is 22.1 Å². The fraction of sp³-hybridized carbons (Fsp3) is 0.462. The van der Waals surface area contributed by atoms with Crippen molar-refractivity contribution in [2.24, 2.45) is 5.92 Å². The molecule has 0 saturated carbocycles. The first-order valence-corrected chi connectivity index (χ1v) is 6.22. The van der Waals surface area contributed by atoms with Gasteiger partial charge in [-0.05, 0) is 31.0 Å². The van der Waals surface area contributed by atoms with Crippen LogP contribution < -0.4 is 5.73 Å². The van der Waals surface area contributed by atoms with E-state index < -0.39 is 0 Å². The first kappa shape index (κ1) is 12.4. The standard InChI is InChI=1S/C13H16ClNO2/c1-2-12-9(5-6-17-12)13(16)8-3-4-11(15)10(14)7-8/h3-4,7,9,12H,2,5-6,15H2,1H3. The number of hydrogen-bond donors (Lipinski definition) is 1. The molecule has 0 spiro atoms. The molecule has 3 nitrogen and oxygen atoms in total. The first-order chi connectivity index (χ1) is 8.13. The number of carbonyl (C=O) groups is 1. The van der Waals surface area contributed by atoms with E-state index in [2.05, 4.69) is 0 Å². The number of ketones is 1. The van der Waals surface area contributed by atoms with Gasteiger partial charge in [-0.2, -0.15) is 0 Å². The zero-order valence-corrected chi connectivity index (χ0v) is 10.5. The Hall–Kier alpha value is -1.06. The molecule has 4 heteroatoms. The van der Waals surface area contributed by atoms with Crippen molar-refractivity contribution in [3.8, 4) is 0 Å². The minimum atomic E-state index is -0.0420. The Balaban J connectivity index is 2.21. The lowest BCUT2D eigenvalue weighted by atomic mass is 9.90. The molecule has 0 aliphatic carbocycles. The molecule has 1 aromatic carbocycles. The average molecular weight is 254 g/mol. The van der Waals surface area contributed by atoms with E-state index in [-0.39, 0.29) is 17.8 Å². The summed E-state index contributed by atoms with van der Waals surface area (Å²) in [7, 11) is 0. The van der Waals surface area contributed by atoms with Gasteiger partial charge in [0.25, 0.3) is 0 Å². The molecule has 1 saturated heterocycles. The second-order valence-corrected chi connectivity index (χ2v) is 4.72. The molecule has 1 aliphatic heterocycles. The lowest BCUT2D eigenvalue weighted by Gasteiger charge is -2.15. The molecule has 1 fully saturated rings. The van der Waals surface area contributed by atoms with Crippen LogP contribution in [0.1, 0.15) is 30.1 Å². The Morgan fingerprint density at radius 1 is 1.59 bits per heavy atom. The fourth-order valence-corrected chi connectivity index (χ4v) is 2.43. The number of carbonyl (C=O) groups excluding carboxylic acids is 1. The summed E-state index contributed by atoms with van der Waals surface area (Å²) in [5.74, 6) is 0.0657. The summed E-state index contributed by atoms with van der Waals surface area (Å²) in [6.45, 7) is 2.70. The van der Waals surface area contributed by atoms with Crippen LogP contribution in [-0.4, -0.2) is 18.5 Å². The highest BCUT2D eigenvalue weighted by molar-refractivity contribution is 6.33. The normalized spacial score (nSPS) is 23.9. The maximum atomic E-state index is 12.3. The SMILES string of the molecule is CCC1OCCC1C(=O)c1ccc(N)c(Cl)c1. The maximum Gasteiger partial charge on any atom is 0.168 e. The Labute approximate surface area is 106 Å². The smallest absolute Gasteiger partial charge is 0.168 e. The van der Waals surface area contributed by atoms with Crippen molar-refractivity contribution in [1.82, 2.24) is 0 Å². The second-order valence-electron chi connectivity index (χ2n) is 4.31.